The number of rotatable bonds is 4. The number of carbonyl (C=O) groups is 1. The van der Waals surface area contributed by atoms with E-state index >= 15 is 0 Å². The van der Waals surface area contributed by atoms with Gasteiger partial charge in [-0.15, -0.1) is 0 Å². The summed E-state index contributed by atoms with van der Waals surface area (Å²) in [5, 5.41) is 9.43. The van der Waals surface area contributed by atoms with E-state index in [1.165, 1.54) is 32.1 Å². The summed E-state index contributed by atoms with van der Waals surface area (Å²) in [4.78, 5) is 17.9. The highest BCUT2D eigenvalue weighted by atomic mass is 16.4. The van der Waals surface area contributed by atoms with Crippen LogP contribution in [0.25, 0.3) is 0 Å². The average molecular weight is 276 g/mol. The van der Waals surface area contributed by atoms with E-state index in [0.29, 0.717) is 17.2 Å². The Kier molecular flexibility index (Phi) is 4.63. The first kappa shape index (κ1) is 14.8. The monoisotopic (exact) mass is 276 g/mol. The molecule has 4 nitrogen and oxygen atoms in total. The van der Waals surface area contributed by atoms with E-state index in [0.717, 1.165) is 17.9 Å². The number of anilines is 1. The minimum absolute atomic E-state index is 0.342. The number of aromatic nitrogens is 1. The van der Waals surface area contributed by atoms with Crippen molar-refractivity contribution in [1.29, 1.82) is 0 Å². The van der Waals surface area contributed by atoms with Gasteiger partial charge in [-0.1, -0.05) is 19.3 Å². The number of pyridine rings is 1. The fourth-order valence-corrected chi connectivity index (χ4v) is 3.23. The second-order valence-electron chi connectivity index (χ2n) is 5.93. The highest BCUT2D eigenvalue weighted by Crippen LogP contribution is 2.28. The van der Waals surface area contributed by atoms with Crippen LogP contribution in [0.5, 0.6) is 0 Å². The summed E-state index contributed by atoms with van der Waals surface area (Å²) in [6, 6.07) is 1.89. The molecule has 0 spiro atoms. The van der Waals surface area contributed by atoms with Crippen LogP contribution in [-0.4, -0.2) is 29.7 Å². The summed E-state index contributed by atoms with van der Waals surface area (Å²) < 4.78 is 0. The SMILES string of the molecule is Cc1cc(N(C)CC2CCCCC2)c(C(=O)O)c(C)n1. The topological polar surface area (TPSA) is 53.4 Å². The van der Waals surface area contributed by atoms with Gasteiger partial charge < -0.3 is 10.0 Å². The third-order valence-corrected chi connectivity index (χ3v) is 4.19. The summed E-state index contributed by atoms with van der Waals surface area (Å²) in [6.07, 6.45) is 6.47. The van der Waals surface area contributed by atoms with Gasteiger partial charge in [0.15, 0.2) is 0 Å². The van der Waals surface area contributed by atoms with Gasteiger partial charge in [0.25, 0.3) is 0 Å². The van der Waals surface area contributed by atoms with Gasteiger partial charge in [-0.05, 0) is 38.7 Å². The molecule has 110 valence electrons. The molecule has 1 N–H and O–H groups in total. The second kappa shape index (κ2) is 6.25. The standard InChI is InChI=1S/C16H24N2O2/c1-11-9-14(15(16(19)20)12(2)17-11)18(3)10-13-7-5-4-6-8-13/h9,13H,4-8,10H2,1-3H3,(H,19,20). The van der Waals surface area contributed by atoms with Crippen LogP contribution < -0.4 is 4.90 Å². The van der Waals surface area contributed by atoms with E-state index in [1.807, 2.05) is 20.0 Å². The van der Waals surface area contributed by atoms with Crippen molar-refractivity contribution in [2.45, 2.75) is 46.0 Å². The molecule has 1 fully saturated rings. The van der Waals surface area contributed by atoms with Crippen LogP contribution in [-0.2, 0) is 0 Å². The molecule has 1 heterocycles. The van der Waals surface area contributed by atoms with Gasteiger partial charge in [0.2, 0.25) is 0 Å². The van der Waals surface area contributed by atoms with Crippen molar-refractivity contribution in [3.63, 3.8) is 0 Å². The summed E-state index contributed by atoms with van der Waals surface area (Å²) >= 11 is 0. The molecule has 2 rings (SSSR count). The highest BCUT2D eigenvalue weighted by Gasteiger charge is 2.21. The van der Waals surface area contributed by atoms with Gasteiger partial charge >= 0.3 is 5.97 Å². The average Bonchev–Trinajstić information content (AvgIpc) is 2.38. The second-order valence-corrected chi connectivity index (χ2v) is 5.93. The van der Waals surface area contributed by atoms with Gasteiger partial charge in [0.1, 0.15) is 5.56 Å². The predicted octanol–water partition coefficient (Wildman–Crippen LogP) is 3.41. The summed E-state index contributed by atoms with van der Waals surface area (Å²) in [5.41, 5.74) is 2.61. The Hall–Kier alpha value is -1.58. The molecule has 1 aliphatic rings. The van der Waals surface area contributed by atoms with Crippen molar-refractivity contribution < 1.29 is 9.90 Å². The van der Waals surface area contributed by atoms with Crippen molar-refractivity contribution in [1.82, 2.24) is 4.98 Å². The third kappa shape index (κ3) is 3.30. The summed E-state index contributed by atoms with van der Waals surface area (Å²) in [7, 11) is 2.00. The number of nitrogens with zero attached hydrogens (tertiary/aromatic N) is 2. The Labute approximate surface area is 120 Å². The van der Waals surface area contributed by atoms with Gasteiger partial charge in [-0.2, -0.15) is 0 Å². The molecule has 20 heavy (non-hydrogen) atoms. The molecular weight excluding hydrogens is 252 g/mol. The van der Waals surface area contributed by atoms with E-state index < -0.39 is 5.97 Å². The van der Waals surface area contributed by atoms with E-state index in [2.05, 4.69) is 9.88 Å². The lowest BCUT2D eigenvalue weighted by molar-refractivity contribution is 0.0696. The molecule has 1 saturated carbocycles. The van der Waals surface area contributed by atoms with Gasteiger partial charge in [0, 0.05) is 19.3 Å². The van der Waals surface area contributed by atoms with Crippen molar-refractivity contribution in [3.05, 3.63) is 23.0 Å². The first-order valence-corrected chi connectivity index (χ1v) is 7.41. The van der Waals surface area contributed by atoms with Crippen LogP contribution in [0.3, 0.4) is 0 Å². The summed E-state index contributed by atoms with van der Waals surface area (Å²) in [6.45, 7) is 4.62. The van der Waals surface area contributed by atoms with Crippen molar-refractivity contribution in [2.24, 2.45) is 5.92 Å². The van der Waals surface area contributed by atoms with Crippen LogP contribution in [0.4, 0.5) is 5.69 Å². The normalized spacial score (nSPS) is 16.1. The van der Waals surface area contributed by atoms with Crippen LogP contribution in [0, 0.1) is 19.8 Å². The zero-order chi connectivity index (χ0) is 14.7. The lowest BCUT2D eigenvalue weighted by Gasteiger charge is -2.29. The molecule has 0 unspecified atom stereocenters. The highest BCUT2D eigenvalue weighted by molar-refractivity contribution is 5.95. The number of carboxylic acids is 1. The van der Waals surface area contributed by atoms with E-state index in [4.69, 9.17) is 0 Å². The smallest absolute Gasteiger partial charge is 0.339 e. The molecule has 0 aliphatic heterocycles. The van der Waals surface area contributed by atoms with Crippen molar-refractivity contribution in [3.8, 4) is 0 Å². The lowest BCUT2D eigenvalue weighted by Crippen LogP contribution is -2.28. The molecule has 4 heteroatoms. The Balaban J connectivity index is 2.23. The molecule has 0 radical (unpaired) electrons. The molecule has 1 aliphatic carbocycles. The van der Waals surface area contributed by atoms with Crippen molar-refractivity contribution >= 4 is 11.7 Å². The Morgan fingerprint density at radius 3 is 2.60 bits per heavy atom. The van der Waals surface area contributed by atoms with Crippen LogP contribution >= 0.6 is 0 Å². The number of carboxylic acid groups (broad SMARTS) is 1. The fraction of sp³-hybridized carbons (Fsp3) is 0.625. The minimum Gasteiger partial charge on any atom is -0.478 e. The maximum absolute atomic E-state index is 11.5. The van der Waals surface area contributed by atoms with Crippen LogP contribution in [0.15, 0.2) is 6.07 Å². The molecule has 0 aromatic carbocycles. The third-order valence-electron chi connectivity index (χ3n) is 4.19. The molecule has 1 aromatic heterocycles. The maximum atomic E-state index is 11.5. The minimum atomic E-state index is -0.888. The molecular formula is C16H24N2O2. The molecule has 1 aromatic rings. The molecule has 0 amide bonds. The van der Waals surface area contributed by atoms with E-state index in [9.17, 15) is 9.90 Å². The largest absolute Gasteiger partial charge is 0.478 e. The number of hydrogen-bond donors (Lipinski definition) is 1. The molecule has 0 bridgehead atoms. The maximum Gasteiger partial charge on any atom is 0.339 e. The number of aromatic carboxylic acids is 1. The molecule has 0 saturated heterocycles. The van der Waals surface area contributed by atoms with E-state index in [1.54, 1.807) is 6.92 Å². The Morgan fingerprint density at radius 1 is 1.35 bits per heavy atom. The lowest BCUT2D eigenvalue weighted by atomic mass is 9.89. The van der Waals surface area contributed by atoms with Gasteiger partial charge in [-0.25, -0.2) is 4.79 Å². The zero-order valence-corrected chi connectivity index (χ0v) is 12.6. The number of hydrogen-bond acceptors (Lipinski definition) is 3. The number of aryl methyl sites for hydroxylation is 2. The van der Waals surface area contributed by atoms with Gasteiger partial charge in [-0.3, -0.25) is 4.98 Å². The fourth-order valence-electron chi connectivity index (χ4n) is 3.23. The Morgan fingerprint density at radius 2 is 2.00 bits per heavy atom. The van der Waals surface area contributed by atoms with Crippen LogP contribution in [0.2, 0.25) is 0 Å². The van der Waals surface area contributed by atoms with Crippen molar-refractivity contribution in [2.75, 3.05) is 18.5 Å². The zero-order valence-electron chi connectivity index (χ0n) is 12.6. The van der Waals surface area contributed by atoms with Gasteiger partial charge in [0.05, 0.1) is 11.4 Å². The van der Waals surface area contributed by atoms with E-state index in [-0.39, 0.29) is 0 Å². The first-order valence-electron chi connectivity index (χ1n) is 7.41. The first-order chi connectivity index (χ1) is 9.49. The summed E-state index contributed by atoms with van der Waals surface area (Å²) in [5.74, 6) is -0.204. The Bertz CT molecular complexity index is 493. The predicted molar refractivity (Wildman–Crippen MR) is 80.5 cm³/mol. The quantitative estimate of drug-likeness (QED) is 0.915. The van der Waals surface area contributed by atoms with Crippen LogP contribution in [0.1, 0.15) is 53.8 Å². The molecule has 0 atom stereocenters.